The van der Waals surface area contributed by atoms with Crippen molar-refractivity contribution in [2.75, 3.05) is 6.67 Å². The molecule has 2 rings (SSSR count). The standard InChI is InChI=1S/C11H7Cl2FN2O4/c12-7-8-5(3-15-10(7)13)9(17)6(20-11(18)19)4-16(8)2-1-14/h3-4H,1-2H2,(H,18,19). The van der Waals surface area contributed by atoms with Crippen LogP contribution >= 0.6 is 23.2 Å². The SMILES string of the molecule is O=C(O)Oc1cn(CCF)c2c(Cl)c(Cl)ncc2c1=O. The van der Waals surface area contributed by atoms with Crippen molar-refractivity contribution in [3.63, 3.8) is 0 Å². The first kappa shape index (κ1) is 14.5. The maximum atomic E-state index is 12.6. The smallest absolute Gasteiger partial charge is 0.449 e. The quantitative estimate of drug-likeness (QED) is 0.694. The lowest BCUT2D eigenvalue weighted by Gasteiger charge is -2.12. The zero-order valence-electron chi connectivity index (χ0n) is 9.77. The van der Waals surface area contributed by atoms with Crippen LogP contribution < -0.4 is 10.2 Å². The zero-order valence-corrected chi connectivity index (χ0v) is 11.3. The molecule has 0 radical (unpaired) electrons. The van der Waals surface area contributed by atoms with Crippen molar-refractivity contribution >= 4 is 40.3 Å². The van der Waals surface area contributed by atoms with Gasteiger partial charge in [0.1, 0.15) is 16.9 Å². The Kier molecular flexibility index (Phi) is 4.10. The second-order valence-electron chi connectivity index (χ2n) is 3.70. The lowest BCUT2D eigenvalue weighted by molar-refractivity contribution is 0.143. The largest absolute Gasteiger partial charge is 0.511 e. The van der Waals surface area contributed by atoms with Crippen molar-refractivity contribution in [2.45, 2.75) is 6.54 Å². The van der Waals surface area contributed by atoms with E-state index in [-0.39, 0.29) is 27.6 Å². The number of aryl methyl sites for hydroxylation is 1. The van der Waals surface area contributed by atoms with Crippen LogP contribution in [0.4, 0.5) is 9.18 Å². The molecule has 9 heteroatoms. The van der Waals surface area contributed by atoms with Crippen molar-refractivity contribution in [1.29, 1.82) is 0 Å². The van der Waals surface area contributed by atoms with Crippen LogP contribution in [0, 0.1) is 0 Å². The minimum absolute atomic E-state index is 0.00778. The van der Waals surface area contributed by atoms with E-state index in [1.54, 1.807) is 0 Å². The number of fused-ring (bicyclic) bond motifs is 1. The first-order valence-electron chi connectivity index (χ1n) is 5.29. The highest BCUT2D eigenvalue weighted by molar-refractivity contribution is 6.44. The maximum absolute atomic E-state index is 12.6. The summed E-state index contributed by atoms with van der Waals surface area (Å²) in [6.45, 7) is -0.895. The van der Waals surface area contributed by atoms with Crippen molar-refractivity contribution < 1.29 is 19.0 Å². The fraction of sp³-hybridized carbons (Fsp3) is 0.182. The molecule has 106 valence electrons. The van der Waals surface area contributed by atoms with E-state index in [2.05, 4.69) is 9.72 Å². The number of rotatable bonds is 3. The van der Waals surface area contributed by atoms with Crippen LogP contribution in [-0.4, -0.2) is 27.5 Å². The molecule has 2 aromatic heterocycles. The number of hydrogen-bond donors (Lipinski definition) is 1. The van der Waals surface area contributed by atoms with Crippen LogP contribution in [0.1, 0.15) is 0 Å². The van der Waals surface area contributed by atoms with Crippen LogP contribution in [0.25, 0.3) is 10.9 Å². The summed E-state index contributed by atoms with van der Waals surface area (Å²) in [4.78, 5) is 26.3. The van der Waals surface area contributed by atoms with Crippen LogP contribution in [0.3, 0.4) is 0 Å². The normalized spacial score (nSPS) is 10.8. The van der Waals surface area contributed by atoms with Crippen molar-refractivity contribution in [3.05, 3.63) is 32.8 Å². The third-order valence-corrected chi connectivity index (χ3v) is 3.24. The number of pyridine rings is 2. The molecule has 0 amide bonds. The fourth-order valence-corrected chi connectivity index (χ4v) is 2.13. The summed E-state index contributed by atoms with van der Waals surface area (Å²) in [5.41, 5.74) is -0.546. The molecule has 2 aromatic rings. The highest BCUT2D eigenvalue weighted by atomic mass is 35.5. The molecule has 0 saturated heterocycles. The summed E-state index contributed by atoms with van der Waals surface area (Å²) < 4.78 is 18.2. The van der Waals surface area contributed by atoms with Crippen LogP contribution in [0.2, 0.25) is 10.2 Å². The fourth-order valence-electron chi connectivity index (χ4n) is 1.73. The number of ether oxygens (including phenoxy) is 1. The summed E-state index contributed by atoms with van der Waals surface area (Å²) in [7, 11) is 0. The van der Waals surface area contributed by atoms with Gasteiger partial charge in [-0.1, -0.05) is 23.2 Å². The average Bonchev–Trinajstić information content (AvgIpc) is 2.38. The second kappa shape index (κ2) is 5.64. The van der Waals surface area contributed by atoms with Gasteiger partial charge in [-0.3, -0.25) is 4.79 Å². The van der Waals surface area contributed by atoms with Crippen molar-refractivity contribution in [3.8, 4) is 5.75 Å². The van der Waals surface area contributed by atoms with Gasteiger partial charge in [-0.05, 0) is 0 Å². The van der Waals surface area contributed by atoms with E-state index in [1.165, 1.54) is 4.57 Å². The van der Waals surface area contributed by atoms with Gasteiger partial charge in [0.2, 0.25) is 5.43 Å². The van der Waals surface area contributed by atoms with Gasteiger partial charge in [-0.15, -0.1) is 0 Å². The van der Waals surface area contributed by atoms with Gasteiger partial charge in [-0.2, -0.15) is 0 Å². The molecule has 0 saturated carbocycles. The molecule has 0 aromatic carbocycles. The molecule has 0 aliphatic heterocycles. The Morgan fingerprint density at radius 2 is 2.20 bits per heavy atom. The molecule has 0 fully saturated rings. The number of carbonyl (C=O) groups is 1. The molecular weight excluding hydrogens is 314 g/mol. The van der Waals surface area contributed by atoms with E-state index in [0.717, 1.165) is 12.4 Å². The number of carboxylic acid groups (broad SMARTS) is 1. The van der Waals surface area contributed by atoms with Gasteiger partial charge in [0.15, 0.2) is 5.75 Å². The molecule has 0 spiro atoms. The first-order chi connectivity index (χ1) is 9.45. The maximum Gasteiger partial charge on any atom is 0.511 e. The zero-order chi connectivity index (χ0) is 14.9. The summed E-state index contributed by atoms with van der Waals surface area (Å²) >= 11 is 11.7. The minimum atomic E-state index is -1.65. The molecule has 2 heterocycles. The summed E-state index contributed by atoms with van der Waals surface area (Å²) in [5.74, 6) is -0.460. The summed E-state index contributed by atoms with van der Waals surface area (Å²) in [5, 5.41) is 8.51. The molecular formula is C11H7Cl2FN2O4. The summed E-state index contributed by atoms with van der Waals surface area (Å²) in [6, 6.07) is 0. The van der Waals surface area contributed by atoms with Crippen LogP contribution in [-0.2, 0) is 6.54 Å². The molecule has 1 N–H and O–H groups in total. The minimum Gasteiger partial charge on any atom is -0.449 e. The van der Waals surface area contributed by atoms with Gasteiger partial charge < -0.3 is 14.4 Å². The topological polar surface area (TPSA) is 81.4 Å². The number of alkyl halides is 1. The van der Waals surface area contributed by atoms with E-state index < -0.39 is 24.0 Å². The molecule has 0 aliphatic carbocycles. The Morgan fingerprint density at radius 3 is 2.80 bits per heavy atom. The van der Waals surface area contributed by atoms with Crippen molar-refractivity contribution in [1.82, 2.24) is 9.55 Å². The van der Waals surface area contributed by atoms with E-state index in [1.807, 2.05) is 0 Å². The van der Waals surface area contributed by atoms with Crippen LogP contribution in [0.15, 0.2) is 17.2 Å². The second-order valence-corrected chi connectivity index (χ2v) is 4.43. The lowest BCUT2D eigenvalue weighted by atomic mass is 10.2. The van der Waals surface area contributed by atoms with Crippen molar-refractivity contribution in [2.24, 2.45) is 0 Å². The van der Waals surface area contributed by atoms with Gasteiger partial charge in [0.25, 0.3) is 0 Å². The Labute approximate surface area is 121 Å². The number of aromatic nitrogens is 2. The number of halogens is 3. The molecule has 20 heavy (non-hydrogen) atoms. The Morgan fingerprint density at radius 1 is 1.50 bits per heavy atom. The highest BCUT2D eigenvalue weighted by Crippen LogP contribution is 2.28. The van der Waals surface area contributed by atoms with E-state index in [9.17, 15) is 14.0 Å². The first-order valence-corrected chi connectivity index (χ1v) is 6.05. The predicted molar refractivity (Wildman–Crippen MR) is 70.7 cm³/mol. The van der Waals surface area contributed by atoms with E-state index in [4.69, 9.17) is 28.3 Å². The average molecular weight is 321 g/mol. The monoisotopic (exact) mass is 320 g/mol. The Balaban J connectivity index is 2.83. The molecule has 6 nitrogen and oxygen atoms in total. The van der Waals surface area contributed by atoms with Crippen LogP contribution in [0.5, 0.6) is 5.75 Å². The predicted octanol–water partition coefficient (Wildman–Crippen LogP) is 2.73. The van der Waals surface area contributed by atoms with E-state index >= 15 is 0 Å². The van der Waals surface area contributed by atoms with Gasteiger partial charge in [-0.25, -0.2) is 14.2 Å². The van der Waals surface area contributed by atoms with E-state index in [0.29, 0.717) is 0 Å². The molecule has 0 aliphatic rings. The van der Waals surface area contributed by atoms with Gasteiger partial charge in [0.05, 0.1) is 23.6 Å². The molecule has 0 atom stereocenters. The Bertz CT molecular complexity index is 747. The molecule has 0 unspecified atom stereocenters. The highest BCUT2D eigenvalue weighted by Gasteiger charge is 2.17. The summed E-state index contributed by atoms with van der Waals surface area (Å²) in [6.07, 6.45) is 0.553. The third-order valence-electron chi connectivity index (χ3n) is 2.50. The van der Waals surface area contributed by atoms with Gasteiger partial charge in [0, 0.05) is 6.20 Å². The number of hydrogen-bond acceptors (Lipinski definition) is 4. The Hall–Kier alpha value is -1.86. The molecule has 0 bridgehead atoms. The number of nitrogens with zero attached hydrogens (tertiary/aromatic N) is 2. The van der Waals surface area contributed by atoms with Gasteiger partial charge >= 0.3 is 6.16 Å². The lowest BCUT2D eigenvalue weighted by Crippen LogP contribution is -2.17. The third kappa shape index (κ3) is 2.54.